The number of hydrogen-bond donors (Lipinski definition) is 0. The lowest BCUT2D eigenvalue weighted by atomic mass is 10.0. The van der Waals surface area contributed by atoms with Crippen molar-refractivity contribution in [1.82, 2.24) is 0 Å². The largest absolute Gasteiger partial charge is 0.416 e. The summed E-state index contributed by atoms with van der Waals surface area (Å²) in [6.45, 7) is 0. The van der Waals surface area contributed by atoms with Crippen molar-refractivity contribution in [3.63, 3.8) is 0 Å². The van der Waals surface area contributed by atoms with Crippen LogP contribution in [0.4, 0.5) is 22.0 Å². The molecule has 0 amide bonds. The molecule has 0 aliphatic rings. The Hall–Kier alpha value is -1.91. The molecule has 18 heavy (non-hydrogen) atoms. The molecule has 5 heteroatoms. The summed E-state index contributed by atoms with van der Waals surface area (Å²) in [5.41, 5.74) is -0.451. The van der Waals surface area contributed by atoms with Crippen molar-refractivity contribution in [3.8, 4) is 11.1 Å². The monoisotopic (exact) mass is 258 g/mol. The summed E-state index contributed by atoms with van der Waals surface area (Å²) in [5.74, 6) is -2.13. The fourth-order valence-corrected chi connectivity index (χ4v) is 1.55. The van der Waals surface area contributed by atoms with Crippen LogP contribution < -0.4 is 0 Å². The molecule has 2 rings (SSSR count). The van der Waals surface area contributed by atoms with Gasteiger partial charge in [-0.3, -0.25) is 0 Å². The van der Waals surface area contributed by atoms with Crippen molar-refractivity contribution in [2.45, 2.75) is 6.18 Å². The Morgan fingerprint density at radius 1 is 0.722 bits per heavy atom. The average Bonchev–Trinajstić information content (AvgIpc) is 2.32. The number of alkyl halides is 3. The van der Waals surface area contributed by atoms with E-state index in [0.29, 0.717) is 0 Å². The predicted molar refractivity (Wildman–Crippen MR) is 56.8 cm³/mol. The zero-order valence-corrected chi connectivity index (χ0v) is 8.93. The summed E-state index contributed by atoms with van der Waals surface area (Å²) in [7, 11) is 0. The maximum Gasteiger partial charge on any atom is 0.416 e. The quantitative estimate of drug-likeness (QED) is 0.653. The Morgan fingerprint density at radius 2 is 1.39 bits per heavy atom. The van der Waals surface area contributed by atoms with Crippen LogP contribution in [-0.2, 0) is 6.18 Å². The Labute approximate surface area is 99.7 Å². The molecule has 0 fully saturated rings. The molecule has 0 atom stereocenters. The van der Waals surface area contributed by atoms with Crippen LogP contribution in [0.15, 0.2) is 42.5 Å². The number of rotatable bonds is 1. The maximum atomic E-state index is 13.0. The topological polar surface area (TPSA) is 0 Å². The highest BCUT2D eigenvalue weighted by molar-refractivity contribution is 5.64. The molecule has 94 valence electrons. The van der Waals surface area contributed by atoms with E-state index in [9.17, 15) is 22.0 Å². The molecule has 0 aliphatic heterocycles. The zero-order chi connectivity index (χ0) is 13.3. The van der Waals surface area contributed by atoms with Gasteiger partial charge in [-0.05, 0) is 35.4 Å². The SMILES string of the molecule is Fc1ccc(-c2cccc(C(F)(F)F)c2)cc1F. The van der Waals surface area contributed by atoms with Crippen molar-refractivity contribution in [2.75, 3.05) is 0 Å². The highest BCUT2D eigenvalue weighted by Crippen LogP contribution is 2.32. The minimum atomic E-state index is -4.46. The third kappa shape index (κ3) is 2.50. The van der Waals surface area contributed by atoms with Gasteiger partial charge in [-0.2, -0.15) is 13.2 Å². The van der Waals surface area contributed by atoms with E-state index in [2.05, 4.69) is 0 Å². The molecule has 2 aromatic rings. The molecular weight excluding hydrogens is 251 g/mol. The lowest BCUT2D eigenvalue weighted by Gasteiger charge is -2.09. The summed E-state index contributed by atoms with van der Waals surface area (Å²) in [5, 5.41) is 0. The summed E-state index contributed by atoms with van der Waals surface area (Å²) < 4.78 is 63.2. The van der Waals surface area contributed by atoms with Gasteiger partial charge in [0.1, 0.15) is 0 Å². The van der Waals surface area contributed by atoms with Gasteiger partial charge in [-0.25, -0.2) is 8.78 Å². The summed E-state index contributed by atoms with van der Waals surface area (Å²) in [4.78, 5) is 0. The normalized spacial score (nSPS) is 11.6. The van der Waals surface area contributed by atoms with Gasteiger partial charge in [-0.15, -0.1) is 0 Å². The van der Waals surface area contributed by atoms with Crippen LogP contribution in [0.5, 0.6) is 0 Å². The molecule has 0 spiro atoms. The third-order valence-corrected chi connectivity index (χ3v) is 2.44. The van der Waals surface area contributed by atoms with Gasteiger partial charge in [0.15, 0.2) is 11.6 Å². The van der Waals surface area contributed by atoms with Gasteiger partial charge < -0.3 is 0 Å². The van der Waals surface area contributed by atoms with Gasteiger partial charge in [0, 0.05) is 0 Å². The first-order valence-corrected chi connectivity index (χ1v) is 5.00. The van der Waals surface area contributed by atoms with Crippen LogP contribution in [0.2, 0.25) is 0 Å². The Kier molecular flexibility index (Phi) is 3.07. The third-order valence-electron chi connectivity index (χ3n) is 2.44. The molecule has 2 aromatic carbocycles. The summed E-state index contributed by atoms with van der Waals surface area (Å²) >= 11 is 0. The van der Waals surface area contributed by atoms with Crippen molar-refractivity contribution in [2.24, 2.45) is 0 Å². The fraction of sp³-hybridized carbons (Fsp3) is 0.0769. The van der Waals surface area contributed by atoms with Gasteiger partial charge in [0.25, 0.3) is 0 Å². The molecule has 0 heterocycles. The average molecular weight is 258 g/mol. The van der Waals surface area contributed by atoms with Crippen molar-refractivity contribution in [1.29, 1.82) is 0 Å². The van der Waals surface area contributed by atoms with Crippen molar-refractivity contribution >= 4 is 0 Å². The minimum absolute atomic E-state index is 0.184. The molecule has 0 aromatic heterocycles. The van der Waals surface area contributed by atoms with E-state index in [1.807, 2.05) is 0 Å². The molecular formula is C13H7F5. The van der Waals surface area contributed by atoms with Crippen LogP contribution in [0.3, 0.4) is 0 Å². The number of benzene rings is 2. The van der Waals surface area contributed by atoms with E-state index >= 15 is 0 Å². The molecule has 0 N–H and O–H groups in total. The van der Waals surface area contributed by atoms with Crippen LogP contribution in [0, 0.1) is 11.6 Å². The van der Waals surface area contributed by atoms with E-state index in [1.54, 1.807) is 0 Å². The van der Waals surface area contributed by atoms with Crippen molar-refractivity contribution < 1.29 is 22.0 Å². The van der Waals surface area contributed by atoms with Gasteiger partial charge in [-0.1, -0.05) is 18.2 Å². The molecule has 0 saturated carbocycles. The first-order valence-electron chi connectivity index (χ1n) is 5.00. The number of hydrogen-bond acceptors (Lipinski definition) is 0. The highest BCUT2D eigenvalue weighted by Gasteiger charge is 2.30. The highest BCUT2D eigenvalue weighted by atomic mass is 19.4. The lowest BCUT2D eigenvalue weighted by molar-refractivity contribution is -0.137. The van der Waals surface area contributed by atoms with E-state index in [-0.39, 0.29) is 11.1 Å². The maximum absolute atomic E-state index is 13.0. The van der Waals surface area contributed by atoms with Crippen LogP contribution >= 0.6 is 0 Å². The summed E-state index contributed by atoms with van der Waals surface area (Å²) in [6, 6.07) is 7.42. The molecule has 0 bridgehead atoms. The molecule has 0 radical (unpaired) electrons. The van der Waals surface area contributed by atoms with E-state index in [1.165, 1.54) is 18.2 Å². The van der Waals surface area contributed by atoms with E-state index in [0.717, 1.165) is 24.3 Å². The standard InChI is InChI=1S/C13H7F5/c14-11-5-4-9(7-12(11)15)8-2-1-3-10(6-8)13(16,17)18/h1-7H. The summed E-state index contributed by atoms with van der Waals surface area (Å²) in [6.07, 6.45) is -4.46. The minimum Gasteiger partial charge on any atom is -0.204 e. The van der Waals surface area contributed by atoms with Crippen molar-refractivity contribution in [3.05, 3.63) is 59.7 Å². The van der Waals surface area contributed by atoms with Gasteiger partial charge in [0.2, 0.25) is 0 Å². The second-order valence-corrected chi connectivity index (χ2v) is 3.71. The van der Waals surface area contributed by atoms with Gasteiger partial charge in [0.05, 0.1) is 5.56 Å². The second kappa shape index (κ2) is 4.40. The molecule has 0 aliphatic carbocycles. The van der Waals surface area contributed by atoms with Crippen LogP contribution in [0.25, 0.3) is 11.1 Å². The lowest BCUT2D eigenvalue weighted by Crippen LogP contribution is -2.04. The molecule has 0 saturated heterocycles. The zero-order valence-electron chi connectivity index (χ0n) is 8.93. The van der Waals surface area contributed by atoms with Crippen LogP contribution in [-0.4, -0.2) is 0 Å². The second-order valence-electron chi connectivity index (χ2n) is 3.71. The first kappa shape index (κ1) is 12.5. The fourth-order valence-electron chi connectivity index (χ4n) is 1.55. The smallest absolute Gasteiger partial charge is 0.204 e. The molecule has 0 nitrogen and oxygen atoms in total. The Bertz CT molecular complexity index is 572. The predicted octanol–water partition coefficient (Wildman–Crippen LogP) is 4.65. The number of halogens is 5. The first-order chi connectivity index (χ1) is 8.38. The van der Waals surface area contributed by atoms with E-state index < -0.39 is 23.4 Å². The Balaban J connectivity index is 2.48. The van der Waals surface area contributed by atoms with Gasteiger partial charge >= 0.3 is 6.18 Å². The van der Waals surface area contributed by atoms with E-state index in [4.69, 9.17) is 0 Å². The molecule has 0 unspecified atom stereocenters. The van der Waals surface area contributed by atoms with Crippen LogP contribution in [0.1, 0.15) is 5.56 Å². The Morgan fingerprint density at radius 3 is 2.00 bits per heavy atom.